The number of hydrogen-bond donors (Lipinski definition) is 0. The van der Waals surface area contributed by atoms with Gasteiger partial charge in [-0.3, -0.25) is 9.69 Å². The van der Waals surface area contributed by atoms with Crippen LogP contribution in [0.1, 0.15) is 60.7 Å². The van der Waals surface area contributed by atoms with E-state index in [4.69, 9.17) is 0 Å². The summed E-state index contributed by atoms with van der Waals surface area (Å²) < 4.78 is 2.21. The first kappa shape index (κ1) is 24.1. The predicted molar refractivity (Wildman–Crippen MR) is 140 cm³/mol. The van der Waals surface area contributed by atoms with Gasteiger partial charge in [0.25, 0.3) is 0 Å². The van der Waals surface area contributed by atoms with Gasteiger partial charge in [-0.15, -0.1) is 10.2 Å². The maximum atomic E-state index is 13.3. The zero-order chi connectivity index (χ0) is 24.0. The smallest absolute Gasteiger partial charge is 0.233 e. The van der Waals surface area contributed by atoms with Gasteiger partial charge >= 0.3 is 0 Å². The highest BCUT2D eigenvalue weighted by atomic mass is 32.2. The second-order valence-corrected chi connectivity index (χ2v) is 10.7. The van der Waals surface area contributed by atoms with Gasteiger partial charge in [-0.05, 0) is 61.9 Å². The molecule has 0 bridgehead atoms. The third-order valence-corrected chi connectivity index (χ3v) is 8.27. The van der Waals surface area contributed by atoms with E-state index in [1.807, 2.05) is 18.0 Å². The molecule has 0 radical (unpaired) electrons. The van der Waals surface area contributed by atoms with Crippen LogP contribution in [-0.4, -0.2) is 56.4 Å². The highest BCUT2D eigenvalue weighted by molar-refractivity contribution is 7.99. The minimum Gasteiger partial charge on any atom is -0.338 e. The summed E-state index contributed by atoms with van der Waals surface area (Å²) in [7, 11) is 1.95. The number of benzene rings is 2. The molecule has 1 aromatic heterocycles. The minimum absolute atomic E-state index is 0.142. The van der Waals surface area contributed by atoms with Crippen molar-refractivity contribution in [3.8, 4) is 0 Å². The molecular formula is C28H35N5OS. The monoisotopic (exact) mass is 489 g/mol. The number of fused-ring (bicyclic) bond motifs is 1. The summed E-state index contributed by atoms with van der Waals surface area (Å²) in [6.45, 7) is 3.77. The fourth-order valence-electron chi connectivity index (χ4n) is 5.32. The average Bonchev–Trinajstić information content (AvgIpc) is 3.28. The van der Waals surface area contributed by atoms with Crippen molar-refractivity contribution in [3.05, 3.63) is 77.1 Å². The van der Waals surface area contributed by atoms with Crippen molar-refractivity contribution in [2.24, 2.45) is 0 Å². The molecule has 6 nitrogen and oxygen atoms in total. The number of thioether (sulfide) groups is 1. The highest BCUT2D eigenvalue weighted by Gasteiger charge is 2.27. The Labute approximate surface area is 212 Å². The quantitative estimate of drug-likeness (QED) is 0.420. The van der Waals surface area contributed by atoms with E-state index in [1.54, 1.807) is 0 Å². The van der Waals surface area contributed by atoms with Crippen molar-refractivity contribution in [1.29, 1.82) is 0 Å². The number of hydrogen-bond acceptors (Lipinski definition) is 5. The van der Waals surface area contributed by atoms with Gasteiger partial charge in [0.05, 0.1) is 24.9 Å². The molecule has 1 amide bonds. The molecule has 2 aromatic carbocycles. The van der Waals surface area contributed by atoms with Crippen molar-refractivity contribution in [2.75, 3.05) is 25.9 Å². The normalized spacial score (nSPS) is 18.3. The number of carbonyl (C=O) groups is 1. The van der Waals surface area contributed by atoms with Crippen LogP contribution in [0.5, 0.6) is 0 Å². The van der Waals surface area contributed by atoms with Crippen molar-refractivity contribution < 1.29 is 4.79 Å². The van der Waals surface area contributed by atoms with E-state index in [0.29, 0.717) is 5.75 Å². The van der Waals surface area contributed by atoms with Crippen LogP contribution in [0.25, 0.3) is 0 Å². The Morgan fingerprint density at radius 1 is 0.971 bits per heavy atom. The van der Waals surface area contributed by atoms with Gasteiger partial charge in [-0.25, -0.2) is 0 Å². The Hall–Kier alpha value is -2.64. The van der Waals surface area contributed by atoms with Crippen LogP contribution in [0.3, 0.4) is 0 Å². The molecule has 1 saturated heterocycles. The summed E-state index contributed by atoms with van der Waals surface area (Å²) in [4.78, 5) is 17.7. The number of aromatic nitrogens is 3. The molecule has 2 heterocycles. The van der Waals surface area contributed by atoms with Crippen molar-refractivity contribution in [2.45, 2.75) is 62.8 Å². The fourth-order valence-corrected chi connectivity index (χ4v) is 6.20. The van der Waals surface area contributed by atoms with Gasteiger partial charge in [0.1, 0.15) is 5.82 Å². The molecule has 2 aliphatic rings. The van der Waals surface area contributed by atoms with Crippen LogP contribution in [0, 0.1) is 0 Å². The summed E-state index contributed by atoms with van der Waals surface area (Å²) in [6, 6.07) is 19.2. The Morgan fingerprint density at radius 3 is 2.57 bits per heavy atom. The van der Waals surface area contributed by atoms with Gasteiger partial charge in [-0.2, -0.15) is 0 Å². The maximum Gasteiger partial charge on any atom is 0.233 e. The van der Waals surface area contributed by atoms with E-state index in [-0.39, 0.29) is 11.9 Å². The molecule has 1 atom stereocenters. The van der Waals surface area contributed by atoms with Crippen molar-refractivity contribution >= 4 is 17.7 Å². The summed E-state index contributed by atoms with van der Waals surface area (Å²) in [5, 5.41) is 9.94. The summed E-state index contributed by atoms with van der Waals surface area (Å²) >= 11 is 1.51. The zero-order valence-electron chi connectivity index (χ0n) is 20.6. The van der Waals surface area contributed by atoms with Crippen LogP contribution < -0.4 is 0 Å². The molecule has 1 unspecified atom stereocenters. The fraction of sp³-hybridized carbons (Fsp3) is 0.464. The summed E-state index contributed by atoms with van der Waals surface area (Å²) in [5.41, 5.74) is 3.90. The Bertz CT molecular complexity index is 1130. The number of rotatable bonds is 8. The third kappa shape index (κ3) is 5.78. The second-order valence-electron chi connectivity index (χ2n) is 9.71. The number of likely N-dealkylation sites (tertiary alicyclic amines) is 1. The van der Waals surface area contributed by atoms with Crippen LogP contribution in [0.2, 0.25) is 0 Å². The molecule has 0 N–H and O–H groups in total. The summed E-state index contributed by atoms with van der Waals surface area (Å²) in [6.07, 6.45) is 7.06. The maximum absolute atomic E-state index is 13.3. The number of amides is 1. The van der Waals surface area contributed by atoms with E-state index in [2.05, 4.69) is 68.2 Å². The first-order chi connectivity index (χ1) is 17.2. The molecule has 184 valence electrons. The Kier molecular flexibility index (Phi) is 7.84. The van der Waals surface area contributed by atoms with Gasteiger partial charge in [0.2, 0.25) is 5.91 Å². The molecule has 35 heavy (non-hydrogen) atoms. The lowest BCUT2D eigenvalue weighted by Gasteiger charge is -2.33. The average molecular weight is 490 g/mol. The van der Waals surface area contributed by atoms with Gasteiger partial charge in [0, 0.05) is 7.05 Å². The number of nitrogens with zero attached hydrogens (tertiary/aromatic N) is 5. The molecule has 5 rings (SSSR count). The van der Waals surface area contributed by atoms with Crippen molar-refractivity contribution in [1.82, 2.24) is 24.6 Å². The molecule has 0 spiro atoms. The van der Waals surface area contributed by atoms with Gasteiger partial charge < -0.3 is 9.47 Å². The van der Waals surface area contributed by atoms with Crippen LogP contribution in [0.15, 0.2) is 59.8 Å². The SMILES string of the molecule is CN(C(=O)CSc1nnc(CN2CCCCC2)n1Cc1ccccc1)C1CCCc2ccccc21. The van der Waals surface area contributed by atoms with E-state index in [0.717, 1.165) is 56.4 Å². The van der Waals surface area contributed by atoms with Gasteiger partial charge in [0.15, 0.2) is 5.16 Å². The van der Waals surface area contributed by atoms with E-state index < -0.39 is 0 Å². The number of carbonyl (C=O) groups excluding carboxylic acids is 1. The lowest BCUT2D eigenvalue weighted by Crippen LogP contribution is -2.34. The Balaban J connectivity index is 1.29. The largest absolute Gasteiger partial charge is 0.338 e. The summed E-state index contributed by atoms with van der Waals surface area (Å²) in [5.74, 6) is 1.50. The third-order valence-electron chi connectivity index (χ3n) is 7.31. The van der Waals surface area contributed by atoms with Crippen LogP contribution >= 0.6 is 11.8 Å². The first-order valence-electron chi connectivity index (χ1n) is 12.8. The van der Waals surface area contributed by atoms with E-state index in [9.17, 15) is 4.79 Å². The lowest BCUT2D eigenvalue weighted by molar-refractivity contribution is -0.129. The second kappa shape index (κ2) is 11.4. The first-order valence-corrected chi connectivity index (χ1v) is 13.8. The molecule has 7 heteroatoms. The lowest BCUT2D eigenvalue weighted by atomic mass is 9.87. The van der Waals surface area contributed by atoms with Crippen LogP contribution in [-0.2, 0) is 24.3 Å². The molecule has 1 aliphatic heterocycles. The minimum atomic E-state index is 0.142. The molecule has 1 fully saturated rings. The molecule has 1 aliphatic carbocycles. The van der Waals surface area contributed by atoms with E-state index >= 15 is 0 Å². The molecule has 3 aromatic rings. The van der Waals surface area contributed by atoms with E-state index in [1.165, 1.54) is 47.7 Å². The highest BCUT2D eigenvalue weighted by Crippen LogP contribution is 2.34. The number of aryl methyl sites for hydroxylation is 1. The molecular weight excluding hydrogens is 454 g/mol. The predicted octanol–water partition coefficient (Wildman–Crippen LogP) is 4.94. The number of piperidine rings is 1. The van der Waals surface area contributed by atoms with Crippen molar-refractivity contribution in [3.63, 3.8) is 0 Å². The van der Waals surface area contributed by atoms with Crippen LogP contribution in [0.4, 0.5) is 0 Å². The topological polar surface area (TPSA) is 54.3 Å². The standard InChI is InChI=1S/C28H35N5OS/c1-31(25-16-10-14-23-13-6-7-15-24(23)25)27(34)21-35-28-30-29-26(20-32-17-8-3-9-18-32)33(28)19-22-11-4-2-5-12-22/h2,4-7,11-13,15,25H,3,8-10,14,16-21H2,1H3. The Morgan fingerprint density at radius 2 is 1.74 bits per heavy atom. The van der Waals surface area contributed by atoms with Gasteiger partial charge in [-0.1, -0.05) is 72.8 Å². The molecule has 0 saturated carbocycles. The zero-order valence-corrected chi connectivity index (χ0v) is 21.4.